The van der Waals surface area contributed by atoms with Crippen LogP contribution in [-0.2, 0) is 28.8 Å². The monoisotopic (exact) mass is 638 g/mol. The SMILES string of the molecule is CC(=O)O.CC(=O)O.CC(=O)O.CC(=O)O.CC(=O)O.CC(=O)O.Cc1cc(O)c(-c2c(O)cc(C)c(O)c2O)c(O)c1O. The number of benzene rings is 2. The Hall–Kier alpha value is -5.94. The predicted molar refractivity (Wildman–Crippen MR) is 151 cm³/mol. The normalized spacial score (nSPS) is 8.27. The van der Waals surface area contributed by atoms with E-state index in [-0.39, 0.29) is 22.3 Å². The Bertz CT molecular complexity index is 1090. The van der Waals surface area contributed by atoms with Gasteiger partial charge in [0.25, 0.3) is 35.8 Å². The third-order valence-corrected chi connectivity index (χ3v) is 3.14. The van der Waals surface area contributed by atoms with Crippen molar-refractivity contribution in [2.75, 3.05) is 0 Å². The maximum absolute atomic E-state index is 9.91. The second-order valence-electron chi connectivity index (χ2n) is 7.68. The van der Waals surface area contributed by atoms with Crippen LogP contribution in [-0.4, -0.2) is 97.1 Å². The molecule has 0 spiro atoms. The second-order valence-corrected chi connectivity index (χ2v) is 7.68. The molecule has 0 bridgehead atoms. The molecule has 0 aromatic heterocycles. The predicted octanol–water partition coefficient (Wildman–Crippen LogP) is 2.75. The van der Waals surface area contributed by atoms with E-state index in [1.807, 2.05) is 0 Å². The molecule has 0 atom stereocenters. The molecule has 0 heterocycles. The van der Waals surface area contributed by atoms with E-state index >= 15 is 0 Å². The van der Waals surface area contributed by atoms with E-state index in [0.717, 1.165) is 41.5 Å². The first kappa shape index (κ1) is 47.8. The number of carbonyl (C=O) groups is 6. The van der Waals surface area contributed by atoms with Crippen LogP contribution in [0.5, 0.6) is 34.5 Å². The van der Waals surface area contributed by atoms with E-state index in [4.69, 9.17) is 59.4 Å². The first-order valence-corrected chi connectivity index (χ1v) is 11.3. The molecular weight excluding hydrogens is 600 g/mol. The van der Waals surface area contributed by atoms with E-state index in [2.05, 4.69) is 0 Å². The lowest BCUT2D eigenvalue weighted by Gasteiger charge is -2.15. The van der Waals surface area contributed by atoms with Gasteiger partial charge in [-0.05, 0) is 37.1 Å². The third kappa shape index (κ3) is 30.6. The van der Waals surface area contributed by atoms with Gasteiger partial charge in [0.2, 0.25) is 0 Å². The van der Waals surface area contributed by atoms with E-state index in [9.17, 15) is 30.6 Å². The van der Waals surface area contributed by atoms with Crippen molar-refractivity contribution in [3.05, 3.63) is 23.3 Å². The van der Waals surface area contributed by atoms with Gasteiger partial charge in [0, 0.05) is 41.5 Å². The molecule has 18 heteroatoms. The van der Waals surface area contributed by atoms with Crippen molar-refractivity contribution < 1.29 is 90.0 Å². The molecule has 2 rings (SSSR count). The summed E-state index contributed by atoms with van der Waals surface area (Å²) in [5.74, 6) is -8.28. The van der Waals surface area contributed by atoms with Gasteiger partial charge in [-0.15, -0.1) is 0 Å². The number of aromatic hydroxyl groups is 6. The molecule has 0 aliphatic rings. The lowest BCUT2D eigenvalue weighted by molar-refractivity contribution is -0.135. The summed E-state index contributed by atoms with van der Waals surface area (Å²) in [6, 6.07) is 2.33. The zero-order valence-electron chi connectivity index (χ0n) is 25.0. The fourth-order valence-electron chi connectivity index (χ4n) is 2.04. The highest BCUT2D eigenvalue weighted by atomic mass is 16.4. The van der Waals surface area contributed by atoms with Crippen molar-refractivity contribution in [3.63, 3.8) is 0 Å². The molecule has 2 aromatic carbocycles. The van der Waals surface area contributed by atoms with Crippen molar-refractivity contribution >= 4 is 35.8 Å². The van der Waals surface area contributed by atoms with E-state index in [0.29, 0.717) is 0 Å². The van der Waals surface area contributed by atoms with E-state index < -0.39 is 70.3 Å². The van der Waals surface area contributed by atoms with Crippen molar-refractivity contribution in [2.45, 2.75) is 55.4 Å². The molecule has 0 saturated heterocycles. The van der Waals surface area contributed by atoms with Crippen LogP contribution >= 0.6 is 0 Å². The van der Waals surface area contributed by atoms with Crippen LogP contribution in [0.15, 0.2) is 12.1 Å². The largest absolute Gasteiger partial charge is 0.507 e. The Kier molecular flexibility index (Phi) is 27.0. The summed E-state index contributed by atoms with van der Waals surface area (Å²) in [5, 5.41) is 103. The summed E-state index contributed by atoms with van der Waals surface area (Å²) >= 11 is 0. The van der Waals surface area contributed by atoms with Gasteiger partial charge in [-0.3, -0.25) is 28.8 Å². The van der Waals surface area contributed by atoms with E-state index in [1.165, 1.54) is 26.0 Å². The van der Waals surface area contributed by atoms with Crippen LogP contribution in [0.25, 0.3) is 11.1 Å². The summed E-state index contributed by atoms with van der Waals surface area (Å²) in [6.07, 6.45) is 0. The third-order valence-electron chi connectivity index (χ3n) is 3.14. The first-order valence-electron chi connectivity index (χ1n) is 11.3. The molecule has 44 heavy (non-hydrogen) atoms. The molecule has 18 nitrogen and oxygen atoms in total. The number of phenolic OH excluding ortho intramolecular Hbond substituents is 6. The number of hydrogen-bond acceptors (Lipinski definition) is 12. The van der Waals surface area contributed by atoms with Gasteiger partial charge in [0.15, 0.2) is 23.0 Å². The Morgan fingerprint density at radius 1 is 0.386 bits per heavy atom. The van der Waals surface area contributed by atoms with Gasteiger partial charge in [-0.25, -0.2) is 0 Å². The molecule has 0 aliphatic carbocycles. The fourth-order valence-corrected chi connectivity index (χ4v) is 2.04. The summed E-state index contributed by atoms with van der Waals surface area (Å²) in [6.45, 7) is 9.43. The summed E-state index contributed by atoms with van der Waals surface area (Å²) in [5.41, 5.74) is -0.282. The van der Waals surface area contributed by atoms with Gasteiger partial charge >= 0.3 is 0 Å². The van der Waals surface area contributed by atoms with Crippen molar-refractivity contribution in [1.82, 2.24) is 0 Å². The van der Waals surface area contributed by atoms with Crippen LogP contribution in [0.2, 0.25) is 0 Å². The Morgan fingerprint density at radius 2 is 0.523 bits per heavy atom. The zero-order chi connectivity index (χ0) is 36.7. The smallest absolute Gasteiger partial charge is 0.300 e. The number of rotatable bonds is 1. The topological polar surface area (TPSA) is 345 Å². The Balaban J connectivity index is -0.000000172. The lowest BCUT2D eigenvalue weighted by atomic mass is 9.97. The fraction of sp³-hybridized carbons (Fsp3) is 0.308. The number of carboxylic acids is 6. The molecule has 0 saturated carbocycles. The summed E-state index contributed by atoms with van der Waals surface area (Å²) < 4.78 is 0. The molecule has 12 N–H and O–H groups in total. The van der Waals surface area contributed by atoms with Crippen molar-refractivity contribution in [3.8, 4) is 45.6 Å². The number of phenols is 6. The van der Waals surface area contributed by atoms with Gasteiger partial charge in [-0.1, -0.05) is 0 Å². The maximum atomic E-state index is 9.91. The number of aryl methyl sites for hydroxylation is 2. The van der Waals surface area contributed by atoms with Crippen LogP contribution in [0, 0.1) is 13.8 Å². The average Bonchev–Trinajstić information content (AvgIpc) is 2.76. The minimum atomic E-state index is -0.833. The van der Waals surface area contributed by atoms with Crippen LogP contribution in [0.4, 0.5) is 0 Å². The lowest BCUT2D eigenvalue weighted by Crippen LogP contribution is -1.88. The molecular formula is C26H38O18. The van der Waals surface area contributed by atoms with Gasteiger partial charge in [0.1, 0.15) is 11.5 Å². The standard InChI is InChI=1S/C14H14O6.6C2H4O2/c1-5-3-7(15)9(13(19)11(5)17)10-8(16)4-6(2)12(18)14(10)20;6*1-2(3)4/h3-4,15-20H,1-2H3;6*1H3,(H,3,4). The highest BCUT2D eigenvalue weighted by Gasteiger charge is 2.24. The van der Waals surface area contributed by atoms with Gasteiger partial charge in [-0.2, -0.15) is 0 Å². The maximum Gasteiger partial charge on any atom is 0.300 e. The van der Waals surface area contributed by atoms with Crippen LogP contribution in [0.3, 0.4) is 0 Å². The van der Waals surface area contributed by atoms with Crippen molar-refractivity contribution in [1.29, 1.82) is 0 Å². The van der Waals surface area contributed by atoms with Gasteiger partial charge in [0.05, 0.1) is 11.1 Å². The minimum absolute atomic E-state index is 0.221. The molecule has 0 amide bonds. The van der Waals surface area contributed by atoms with Gasteiger partial charge < -0.3 is 61.3 Å². The summed E-state index contributed by atoms with van der Waals surface area (Å²) in [7, 11) is 0. The second kappa shape index (κ2) is 24.8. The number of aliphatic carboxylic acids is 6. The molecule has 2 aromatic rings. The Labute approximate surface area is 250 Å². The molecule has 0 unspecified atom stereocenters. The molecule has 0 fully saturated rings. The van der Waals surface area contributed by atoms with E-state index in [1.54, 1.807) is 0 Å². The molecule has 250 valence electrons. The molecule has 0 aliphatic heterocycles. The zero-order valence-corrected chi connectivity index (χ0v) is 25.0. The minimum Gasteiger partial charge on any atom is -0.507 e. The Morgan fingerprint density at radius 3 is 0.659 bits per heavy atom. The van der Waals surface area contributed by atoms with Crippen molar-refractivity contribution in [2.24, 2.45) is 0 Å². The van der Waals surface area contributed by atoms with Crippen LogP contribution < -0.4 is 0 Å². The number of hydrogen-bond donors (Lipinski definition) is 12. The summed E-state index contributed by atoms with van der Waals surface area (Å²) in [4.78, 5) is 54.0. The highest BCUT2D eigenvalue weighted by Crippen LogP contribution is 2.53. The number of carboxylic acid groups (broad SMARTS) is 6. The molecule has 0 radical (unpaired) electrons. The van der Waals surface area contributed by atoms with Crippen LogP contribution in [0.1, 0.15) is 52.7 Å². The first-order chi connectivity index (χ1) is 19.6. The highest BCUT2D eigenvalue weighted by molar-refractivity contribution is 5.89. The average molecular weight is 639 g/mol. The quantitative estimate of drug-likeness (QED) is 0.158.